The fraction of sp³-hybridized carbons (Fsp3) is 0.368. The molecule has 2 aromatic rings. The Morgan fingerprint density at radius 2 is 1.87 bits per heavy atom. The average molecular weight is 311 g/mol. The van der Waals surface area contributed by atoms with Crippen molar-refractivity contribution < 1.29 is 4.79 Å². The van der Waals surface area contributed by atoms with Crippen LogP contribution in [0.2, 0.25) is 0 Å². The number of nitrogens with one attached hydrogen (secondary N) is 2. The van der Waals surface area contributed by atoms with Crippen molar-refractivity contribution in [2.45, 2.75) is 39.2 Å². The molecule has 0 spiro atoms. The van der Waals surface area contributed by atoms with Crippen molar-refractivity contribution in [3.63, 3.8) is 0 Å². The predicted octanol–water partition coefficient (Wildman–Crippen LogP) is 3.50. The first-order chi connectivity index (χ1) is 10.9. The highest BCUT2D eigenvalue weighted by atomic mass is 16.1. The lowest BCUT2D eigenvalue weighted by atomic mass is 9.87. The van der Waals surface area contributed by atoms with Crippen molar-refractivity contribution in [1.29, 1.82) is 0 Å². The summed E-state index contributed by atoms with van der Waals surface area (Å²) in [5.74, 6) is 0.0206. The van der Waals surface area contributed by atoms with E-state index in [0.717, 1.165) is 17.8 Å². The first kappa shape index (κ1) is 17.2. The summed E-state index contributed by atoms with van der Waals surface area (Å²) >= 11 is 0. The summed E-state index contributed by atoms with van der Waals surface area (Å²) in [7, 11) is 0. The van der Waals surface area contributed by atoms with Gasteiger partial charge in [-0.25, -0.2) is 0 Å². The van der Waals surface area contributed by atoms with Crippen LogP contribution >= 0.6 is 0 Å². The Morgan fingerprint density at radius 3 is 2.48 bits per heavy atom. The van der Waals surface area contributed by atoms with Gasteiger partial charge in [0, 0.05) is 37.6 Å². The van der Waals surface area contributed by atoms with Gasteiger partial charge < -0.3 is 10.6 Å². The molecule has 0 fully saturated rings. The third kappa shape index (κ3) is 5.83. The first-order valence-electron chi connectivity index (χ1n) is 7.95. The van der Waals surface area contributed by atoms with E-state index in [1.165, 1.54) is 5.56 Å². The number of pyridine rings is 1. The molecule has 0 radical (unpaired) electrons. The van der Waals surface area contributed by atoms with E-state index in [0.29, 0.717) is 13.0 Å². The molecule has 1 heterocycles. The van der Waals surface area contributed by atoms with Crippen LogP contribution in [-0.4, -0.2) is 17.4 Å². The summed E-state index contributed by atoms with van der Waals surface area (Å²) in [6, 6.07) is 12.0. The fourth-order valence-electron chi connectivity index (χ4n) is 2.21. The largest absolute Gasteiger partial charge is 0.326 e. The molecule has 0 aliphatic heterocycles. The molecular weight excluding hydrogens is 286 g/mol. The molecule has 0 unspecified atom stereocenters. The molecule has 0 bridgehead atoms. The molecule has 4 heteroatoms. The van der Waals surface area contributed by atoms with E-state index < -0.39 is 0 Å². The van der Waals surface area contributed by atoms with Gasteiger partial charge in [0.2, 0.25) is 5.91 Å². The number of hydrogen-bond donors (Lipinski definition) is 2. The van der Waals surface area contributed by atoms with Crippen LogP contribution in [0.15, 0.2) is 48.8 Å². The third-order valence-corrected chi connectivity index (χ3v) is 3.62. The van der Waals surface area contributed by atoms with Crippen LogP contribution in [0, 0.1) is 0 Å². The molecule has 0 aliphatic rings. The number of amides is 1. The second kappa shape index (κ2) is 7.88. The molecule has 4 nitrogen and oxygen atoms in total. The highest BCUT2D eigenvalue weighted by molar-refractivity contribution is 5.90. The number of hydrogen-bond acceptors (Lipinski definition) is 3. The van der Waals surface area contributed by atoms with Crippen molar-refractivity contribution in [2.24, 2.45) is 0 Å². The van der Waals surface area contributed by atoms with Crippen LogP contribution in [0.3, 0.4) is 0 Å². The first-order valence-corrected chi connectivity index (χ1v) is 7.95. The Morgan fingerprint density at radius 1 is 1.13 bits per heavy atom. The van der Waals surface area contributed by atoms with E-state index in [-0.39, 0.29) is 11.3 Å². The number of aromatic nitrogens is 1. The second-order valence-corrected chi connectivity index (χ2v) is 6.66. The summed E-state index contributed by atoms with van der Waals surface area (Å²) < 4.78 is 0. The minimum atomic E-state index is 0.0206. The minimum absolute atomic E-state index is 0.0206. The van der Waals surface area contributed by atoms with Crippen molar-refractivity contribution in [2.75, 3.05) is 11.9 Å². The van der Waals surface area contributed by atoms with E-state index in [9.17, 15) is 4.79 Å². The Bertz CT molecular complexity index is 615. The summed E-state index contributed by atoms with van der Waals surface area (Å²) in [4.78, 5) is 16.0. The SMILES string of the molecule is CC(C)(C)c1ccc(NC(=O)CCNCc2cccnc2)cc1. The Kier molecular flexibility index (Phi) is 5.88. The minimum Gasteiger partial charge on any atom is -0.326 e. The quantitative estimate of drug-likeness (QED) is 0.803. The zero-order valence-electron chi connectivity index (χ0n) is 14.1. The number of benzene rings is 1. The molecule has 1 aromatic heterocycles. The van der Waals surface area contributed by atoms with Gasteiger partial charge in [0.1, 0.15) is 0 Å². The van der Waals surface area contributed by atoms with Gasteiger partial charge in [-0.3, -0.25) is 9.78 Å². The molecule has 23 heavy (non-hydrogen) atoms. The van der Waals surface area contributed by atoms with Crippen molar-refractivity contribution in [1.82, 2.24) is 10.3 Å². The standard InChI is InChI=1S/C19H25N3O/c1-19(2,3)16-6-8-17(9-7-16)22-18(23)10-12-21-14-15-5-4-11-20-13-15/h4-9,11,13,21H,10,12,14H2,1-3H3,(H,22,23). The lowest BCUT2D eigenvalue weighted by Gasteiger charge is -2.19. The molecule has 0 saturated carbocycles. The number of carbonyl (C=O) groups excluding carboxylic acids is 1. The van der Waals surface area contributed by atoms with E-state index in [2.05, 4.69) is 48.5 Å². The molecule has 0 atom stereocenters. The Balaban J connectivity index is 1.72. The maximum absolute atomic E-state index is 11.9. The second-order valence-electron chi connectivity index (χ2n) is 6.66. The lowest BCUT2D eigenvalue weighted by molar-refractivity contribution is -0.116. The monoisotopic (exact) mass is 311 g/mol. The predicted molar refractivity (Wildman–Crippen MR) is 94.3 cm³/mol. The molecule has 122 valence electrons. The van der Waals surface area contributed by atoms with Gasteiger partial charge in [0.05, 0.1) is 0 Å². The van der Waals surface area contributed by atoms with Gasteiger partial charge in [0.25, 0.3) is 0 Å². The van der Waals surface area contributed by atoms with Crippen LogP contribution in [0.1, 0.15) is 38.3 Å². The molecule has 2 N–H and O–H groups in total. The molecule has 2 rings (SSSR count). The van der Waals surface area contributed by atoms with Crippen molar-refractivity contribution >= 4 is 11.6 Å². The zero-order valence-corrected chi connectivity index (χ0v) is 14.1. The maximum atomic E-state index is 11.9. The van der Waals surface area contributed by atoms with Crippen LogP contribution in [0.4, 0.5) is 5.69 Å². The molecule has 1 aromatic carbocycles. The molecule has 1 amide bonds. The van der Waals surface area contributed by atoms with Gasteiger partial charge in [0.15, 0.2) is 0 Å². The van der Waals surface area contributed by atoms with Crippen LogP contribution < -0.4 is 10.6 Å². The number of carbonyl (C=O) groups is 1. The smallest absolute Gasteiger partial charge is 0.225 e. The normalized spacial score (nSPS) is 11.3. The molecule has 0 saturated heterocycles. The number of nitrogens with zero attached hydrogens (tertiary/aromatic N) is 1. The van der Waals surface area contributed by atoms with Crippen LogP contribution in [-0.2, 0) is 16.8 Å². The fourth-order valence-corrected chi connectivity index (χ4v) is 2.21. The summed E-state index contributed by atoms with van der Waals surface area (Å²) in [6.45, 7) is 7.89. The van der Waals surface area contributed by atoms with E-state index in [1.807, 2.05) is 30.5 Å². The highest BCUT2D eigenvalue weighted by Gasteiger charge is 2.13. The number of rotatable bonds is 6. The lowest BCUT2D eigenvalue weighted by Crippen LogP contribution is -2.21. The zero-order chi connectivity index (χ0) is 16.7. The van der Waals surface area contributed by atoms with Gasteiger partial charge in [-0.1, -0.05) is 39.0 Å². The van der Waals surface area contributed by atoms with Gasteiger partial charge in [-0.05, 0) is 34.7 Å². The average Bonchev–Trinajstić information content (AvgIpc) is 2.52. The highest BCUT2D eigenvalue weighted by Crippen LogP contribution is 2.23. The van der Waals surface area contributed by atoms with Crippen LogP contribution in [0.25, 0.3) is 0 Å². The molecule has 0 aliphatic carbocycles. The topological polar surface area (TPSA) is 54.0 Å². The van der Waals surface area contributed by atoms with E-state index in [1.54, 1.807) is 6.20 Å². The molecular formula is C19H25N3O. The van der Waals surface area contributed by atoms with E-state index in [4.69, 9.17) is 0 Å². The van der Waals surface area contributed by atoms with E-state index >= 15 is 0 Å². The summed E-state index contributed by atoms with van der Waals surface area (Å²) in [6.07, 6.45) is 4.02. The maximum Gasteiger partial charge on any atom is 0.225 e. The Hall–Kier alpha value is -2.20. The third-order valence-electron chi connectivity index (χ3n) is 3.62. The summed E-state index contributed by atoms with van der Waals surface area (Å²) in [5.41, 5.74) is 3.34. The van der Waals surface area contributed by atoms with Gasteiger partial charge >= 0.3 is 0 Å². The van der Waals surface area contributed by atoms with Crippen molar-refractivity contribution in [3.05, 3.63) is 59.9 Å². The van der Waals surface area contributed by atoms with Gasteiger partial charge in [-0.15, -0.1) is 0 Å². The van der Waals surface area contributed by atoms with Gasteiger partial charge in [-0.2, -0.15) is 0 Å². The summed E-state index contributed by atoms with van der Waals surface area (Å²) in [5, 5.41) is 6.17. The van der Waals surface area contributed by atoms with Crippen molar-refractivity contribution in [3.8, 4) is 0 Å². The number of anilines is 1. The van der Waals surface area contributed by atoms with Crippen LogP contribution in [0.5, 0.6) is 0 Å². The Labute approximate surface area is 138 Å².